The number of carbonyl (C=O) groups excluding carboxylic acids is 2. The highest BCUT2D eigenvalue weighted by atomic mass is 35.5. The first-order valence-corrected chi connectivity index (χ1v) is 14.1. The number of hydrogen-bond acceptors (Lipinski definition) is 8. The van der Waals surface area contributed by atoms with Crippen LogP contribution < -0.4 is 20.1 Å². The van der Waals surface area contributed by atoms with Crippen molar-refractivity contribution >= 4 is 34.9 Å². The largest absolute Gasteiger partial charge is 0.484 e. The summed E-state index contributed by atoms with van der Waals surface area (Å²) in [6.07, 6.45) is 1.77. The standard InChI is InChI=1S/C32H27ClF3N3O6/c1-42-32(41)18-2-4-27(28(11-18)38-16-23-7-9-43-23)39-31(40)12-19-10-25(35)30(15-24(19)34)45-22-6-8-37-21(14-22)17-44-29-5-3-20(33)13-26(29)36/h2-6,8,10-11,13-15,23,38H,7,9,12,16-17H2,1H3,(H,39,40)/t23-/m0/s1. The maximum absolute atomic E-state index is 15.0. The van der Waals surface area contributed by atoms with E-state index in [9.17, 15) is 18.4 Å². The highest BCUT2D eigenvalue weighted by molar-refractivity contribution is 6.30. The third-order valence-corrected chi connectivity index (χ3v) is 7.00. The van der Waals surface area contributed by atoms with E-state index in [0.29, 0.717) is 30.2 Å². The molecule has 4 aromatic rings. The van der Waals surface area contributed by atoms with Gasteiger partial charge in [0.25, 0.3) is 0 Å². The molecule has 2 heterocycles. The van der Waals surface area contributed by atoms with Crippen LogP contribution in [-0.4, -0.2) is 43.2 Å². The molecule has 0 radical (unpaired) electrons. The summed E-state index contributed by atoms with van der Waals surface area (Å²) in [5.41, 5.74) is 1.18. The Balaban J connectivity index is 1.23. The zero-order chi connectivity index (χ0) is 31.9. The molecule has 1 saturated heterocycles. The van der Waals surface area contributed by atoms with Gasteiger partial charge in [-0.1, -0.05) is 11.6 Å². The Hall–Kier alpha value is -4.81. The normalized spacial score (nSPS) is 13.8. The van der Waals surface area contributed by atoms with Crippen molar-refractivity contribution in [1.29, 1.82) is 0 Å². The molecule has 45 heavy (non-hydrogen) atoms. The van der Waals surface area contributed by atoms with Crippen LogP contribution in [0, 0.1) is 17.5 Å². The van der Waals surface area contributed by atoms with Crippen molar-refractivity contribution in [3.8, 4) is 17.2 Å². The van der Waals surface area contributed by atoms with Crippen LogP contribution in [0.3, 0.4) is 0 Å². The smallest absolute Gasteiger partial charge is 0.337 e. The van der Waals surface area contributed by atoms with Gasteiger partial charge in [0.15, 0.2) is 23.1 Å². The van der Waals surface area contributed by atoms with Gasteiger partial charge in [0, 0.05) is 42.1 Å². The zero-order valence-electron chi connectivity index (χ0n) is 23.9. The molecule has 1 atom stereocenters. The molecular formula is C32H27ClF3N3O6. The van der Waals surface area contributed by atoms with Gasteiger partial charge in [0.2, 0.25) is 5.91 Å². The minimum atomic E-state index is -0.901. The Morgan fingerprint density at radius 2 is 1.78 bits per heavy atom. The molecule has 1 aliphatic rings. The van der Waals surface area contributed by atoms with Crippen molar-refractivity contribution in [3.05, 3.63) is 106 Å². The van der Waals surface area contributed by atoms with Crippen LogP contribution in [0.4, 0.5) is 24.5 Å². The molecule has 5 rings (SSSR count). The molecule has 1 fully saturated rings. The number of esters is 1. The zero-order valence-corrected chi connectivity index (χ0v) is 24.6. The highest BCUT2D eigenvalue weighted by Crippen LogP contribution is 2.29. The fraction of sp³-hybridized carbons (Fsp3) is 0.219. The number of carbonyl (C=O) groups is 2. The lowest BCUT2D eigenvalue weighted by atomic mass is 10.1. The number of anilines is 2. The Morgan fingerprint density at radius 3 is 2.51 bits per heavy atom. The molecule has 1 amide bonds. The molecule has 9 nitrogen and oxygen atoms in total. The van der Waals surface area contributed by atoms with Gasteiger partial charge in [-0.15, -0.1) is 0 Å². The van der Waals surface area contributed by atoms with Gasteiger partial charge in [-0.2, -0.15) is 0 Å². The number of rotatable bonds is 12. The average molecular weight is 642 g/mol. The van der Waals surface area contributed by atoms with E-state index < -0.39 is 41.5 Å². The van der Waals surface area contributed by atoms with E-state index in [1.54, 1.807) is 0 Å². The fourth-order valence-electron chi connectivity index (χ4n) is 4.33. The lowest BCUT2D eigenvalue weighted by Gasteiger charge is -2.27. The van der Waals surface area contributed by atoms with Crippen molar-refractivity contribution in [2.45, 2.75) is 25.6 Å². The minimum Gasteiger partial charge on any atom is -0.484 e. The van der Waals surface area contributed by atoms with Gasteiger partial charge in [-0.3, -0.25) is 9.78 Å². The summed E-state index contributed by atoms with van der Waals surface area (Å²) in [6, 6.07) is 13.1. The van der Waals surface area contributed by atoms with Crippen LogP contribution in [0.5, 0.6) is 17.2 Å². The Kier molecular flexibility index (Phi) is 10.1. The molecule has 0 bridgehead atoms. The van der Waals surface area contributed by atoms with Gasteiger partial charge in [-0.25, -0.2) is 18.0 Å². The Bertz CT molecular complexity index is 1720. The van der Waals surface area contributed by atoms with E-state index in [4.69, 9.17) is 30.5 Å². The van der Waals surface area contributed by atoms with E-state index in [-0.39, 0.29) is 40.4 Å². The molecule has 0 aliphatic carbocycles. The van der Waals surface area contributed by atoms with E-state index in [2.05, 4.69) is 15.6 Å². The summed E-state index contributed by atoms with van der Waals surface area (Å²) < 4.78 is 65.1. The maximum atomic E-state index is 15.0. The number of pyridine rings is 1. The van der Waals surface area contributed by atoms with Crippen LogP contribution in [0.15, 0.2) is 66.9 Å². The fourth-order valence-corrected chi connectivity index (χ4v) is 4.49. The average Bonchev–Trinajstić information content (AvgIpc) is 2.99. The van der Waals surface area contributed by atoms with Crippen molar-refractivity contribution in [2.75, 3.05) is 30.9 Å². The van der Waals surface area contributed by atoms with Gasteiger partial charge >= 0.3 is 5.97 Å². The third-order valence-electron chi connectivity index (χ3n) is 6.77. The van der Waals surface area contributed by atoms with Crippen LogP contribution in [0.2, 0.25) is 5.02 Å². The number of nitrogens with zero attached hydrogens (tertiary/aromatic N) is 1. The lowest BCUT2D eigenvalue weighted by molar-refractivity contribution is -0.115. The second-order valence-electron chi connectivity index (χ2n) is 9.96. The maximum Gasteiger partial charge on any atom is 0.337 e. The first-order valence-electron chi connectivity index (χ1n) is 13.7. The lowest BCUT2D eigenvalue weighted by Crippen LogP contribution is -2.33. The van der Waals surface area contributed by atoms with Gasteiger partial charge in [0.1, 0.15) is 18.2 Å². The molecular weight excluding hydrogens is 615 g/mol. The van der Waals surface area contributed by atoms with Crippen molar-refractivity contribution in [3.63, 3.8) is 0 Å². The number of nitrogens with one attached hydrogen (secondary N) is 2. The number of amides is 1. The second kappa shape index (κ2) is 14.3. The highest BCUT2D eigenvalue weighted by Gasteiger charge is 2.20. The van der Waals surface area contributed by atoms with Crippen molar-refractivity contribution in [2.24, 2.45) is 0 Å². The molecule has 0 unspecified atom stereocenters. The van der Waals surface area contributed by atoms with Crippen LogP contribution in [0.25, 0.3) is 0 Å². The minimum absolute atomic E-state index is 0.000792. The van der Waals surface area contributed by atoms with Crippen LogP contribution in [0.1, 0.15) is 28.0 Å². The van der Waals surface area contributed by atoms with Gasteiger partial charge in [0.05, 0.1) is 42.3 Å². The summed E-state index contributed by atoms with van der Waals surface area (Å²) in [4.78, 5) is 29.0. The number of aromatic nitrogens is 1. The molecule has 1 aromatic heterocycles. The summed E-state index contributed by atoms with van der Waals surface area (Å²) in [5, 5.41) is 6.04. The van der Waals surface area contributed by atoms with Crippen molar-refractivity contribution < 1.29 is 41.7 Å². The van der Waals surface area contributed by atoms with Crippen LogP contribution >= 0.6 is 11.6 Å². The molecule has 0 spiro atoms. The van der Waals surface area contributed by atoms with Crippen LogP contribution in [-0.2, 0) is 27.3 Å². The predicted molar refractivity (Wildman–Crippen MR) is 159 cm³/mol. The summed E-state index contributed by atoms with van der Waals surface area (Å²) in [6.45, 7) is 0.982. The molecule has 13 heteroatoms. The monoisotopic (exact) mass is 641 g/mol. The van der Waals surface area contributed by atoms with E-state index in [1.165, 1.54) is 55.8 Å². The SMILES string of the molecule is COC(=O)c1ccc(NC(=O)Cc2cc(F)c(Oc3ccnc(COc4ccc(Cl)cc4F)c3)cc2F)c(NC[C@@H]2CCO2)c1. The number of benzene rings is 3. The number of methoxy groups -OCH3 is 1. The van der Waals surface area contributed by atoms with E-state index in [1.807, 2.05) is 0 Å². The quantitative estimate of drug-likeness (QED) is 0.165. The number of hydrogen-bond donors (Lipinski definition) is 2. The molecule has 2 N–H and O–H groups in total. The molecule has 3 aromatic carbocycles. The summed E-state index contributed by atoms with van der Waals surface area (Å²) >= 11 is 5.75. The molecule has 0 saturated carbocycles. The predicted octanol–water partition coefficient (Wildman–Crippen LogP) is 6.69. The second-order valence-corrected chi connectivity index (χ2v) is 10.4. The summed E-state index contributed by atoms with van der Waals surface area (Å²) in [7, 11) is 1.26. The van der Waals surface area contributed by atoms with E-state index in [0.717, 1.165) is 24.6 Å². The topological polar surface area (TPSA) is 108 Å². The third kappa shape index (κ3) is 8.22. The van der Waals surface area contributed by atoms with Gasteiger partial charge < -0.3 is 29.6 Å². The molecule has 1 aliphatic heterocycles. The Labute approximate surface area is 261 Å². The molecule has 234 valence electrons. The Morgan fingerprint density at radius 1 is 0.978 bits per heavy atom. The summed E-state index contributed by atoms with van der Waals surface area (Å²) in [5.74, 6) is -3.90. The number of ether oxygens (including phenoxy) is 4. The first kappa shape index (κ1) is 31.6. The van der Waals surface area contributed by atoms with Crippen molar-refractivity contribution in [1.82, 2.24) is 4.98 Å². The number of halogens is 4. The first-order chi connectivity index (χ1) is 21.7. The van der Waals surface area contributed by atoms with E-state index >= 15 is 4.39 Å². The van der Waals surface area contributed by atoms with Gasteiger partial charge in [-0.05, 0) is 55.0 Å².